The highest BCUT2D eigenvalue weighted by molar-refractivity contribution is 6.04. The maximum absolute atomic E-state index is 13.9. The van der Waals surface area contributed by atoms with Crippen molar-refractivity contribution in [3.63, 3.8) is 0 Å². The fourth-order valence-corrected chi connectivity index (χ4v) is 9.78. The molecule has 1 saturated heterocycles. The largest absolute Gasteiger partial charge is 0.423 e. The third kappa shape index (κ3) is 6.39. The van der Waals surface area contributed by atoms with Crippen LogP contribution in [-0.2, 0) is 26.1 Å². The van der Waals surface area contributed by atoms with Crippen molar-refractivity contribution in [2.75, 3.05) is 30.8 Å². The number of nitrogens with two attached hydrogens (primary N) is 1. The molecule has 296 valence electrons. The number of esters is 1. The number of amides is 1. The lowest BCUT2D eigenvalue weighted by molar-refractivity contribution is -0.184. The van der Waals surface area contributed by atoms with E-state index in [4.69, 9.17) is 15.2 Å². The van der Waals surface area contributed by atoms with Crippen molar-refractivity contribution < 1.29 is 29.3 Å². The number of nitrogens with zero attached hydrogens (tertiary/aromatic N) is 6. The normalized spacial score (nSPS) is 32.5. The number of carbonyl (C=O) groups excluding carboxylic acids is 2. The number of aliphatic imine (C=N–C) groups is 2. The monoisotopic (exact) mass is 769 g/mol. The molecule has 2 saturated carbocycles. The number of anilines is 2. The third-order valence-electron chi connectivity index (χ3n) is 12.8. The zero-order valence-electron chi connectivity index (χ0n) is 31.7. The molecular weight excluding hydrogens is 722 g/mol. The molecule has 18 nitrogen and oxygen atoms in total. The van der Waals surface area contributed by atoms with Crippen molar-refractivity contribution in [2.45, 2.75) is 76.3 Å². The predicted molar refractivity (Wildman–Crippen MR) is 206 cm³/mol. The molecule has 3 aliphatic heterocycles. The van der Waals surface area contributed by atoms with E-state index in [1.807, 2.05) is 19.1 Å². The molecule has 8 rings (SSSR count). The Hall–Kier alpha value is -5.30. The fraction of sp³-hybridized carbons (Fsp3) is 0.526. The number of ether oxygens (including phenoxy) is 2. The van der Waals surface area contributed by atoms with E-state index in [2.05, 4.69) is 52.9 Å². The summed E-state index contributed by atoms with van der Waals surface area (Å²) in [6, 6.07) is 3.82. The van der Waals surface area contributed by atoms with E-state index in [9.17, 15) is 24.6 Å². The summed E-state index contributed by atoms with van der Waals surface area (Å²) in [7, 11) is 1.64. The van der Waals surface area contributed by atoms with E-state index in [0.29, 0.717) is 61.3 Å². The number of guanidine groups is 1. The number of epoxide rings is 1. The topological polar surface area (TPSA) is 260 Å². The number of nitrogens with one attached hydrogen (secondary N) is 4. The van der Waals surface area contributed by atoms with Gasteiger partial charge in [-0.05, 0) is 68.1 Å². The molecule has 6 unspecified atom stereocenters. The van der Waals surface area contributed by atoms with E-state index in [1.54, 1.807) is 44.6 Å². The van der Waals surface area contributed by atoms with Gasteiger partial charge in [0.2, 0.25) is 11.9 Å². The van der Waals surface area contributed by atoms with Gasteiger partial charge < -0.3 is 36.1 Å². The molecule has 6 heterocycles. The molecule has 1 amide bonds. The number of rotatable bonds is 10. The zero-order valence-corrected chi connectivity index (χ0v) is 31.7. The second kappa shape index (κ2) is 14.0. The van der Waals surface area contributed by atoms with Gasteiger partial charge in [0.05, 0.1) is 48.9 Å². The quantitative estimate of drug-likeness (QED) is 0.111. The summed E-state index contributed by atoms with van der Waals surface area (Å²) in [6.07, 6.45) is 7.84. The number of allylic oxidation sites excluding steroid dienone is 1. The van der Waals surface area contributed by atoms with Crippen LogP contribution in [0.25, 0.3) is 17.1 Å². The van der Waals surface area contributed by atoms with E-state index < -0.39 is 46.3 Å². The molecule has 2 aliphatic carbocycles. The Morgan fingerprint density at radius 2 is 2.07 bits per heavy atom. The molecule has 0 bridgehead atoms. The van der Waals surface area contributed by atoms with Crippen molar-refractivity contribution in [3.05, 3.63) is 58.0 Å². The Kier molecular flexibility index (Phi) is 9.42. The standard InChI is InChI=1S/C38H47N11O7/c1-19(32(52)47-34-41-11-12-42-34)43-26-16-24-36(2,9-8-27(51)37(24,3)17-50)25(38(26)18-55-38)15-22(44-28-7-5-6-10-40-28)21-13-20(56-33(21)53)14-23-29-30(39)45-35(54)46-31(29)49(4)48-23/h5-7,10-11,13-14,19,22,24-27,43,50-51H,8-9,12,15-18H2,1-4H3,(H,40,44)(H,42,47,52)(H3,39,45,46,54)/b20-14+/t19?,22?,24?,25?,26?,27-,36+,37+,38?/m1/s1. The Morgan fingerprint density at radius 3 is 2.77 bits per heavy atom. The first kappa shape index (κ1) is 37.6. The minimum absolute atomic E-state index is 0.0845. The van der Waals surface area contributed by atoms with Gasteiger partial charge in [0.15, 0.2) is 5.65 Å². The van der Waals surface area contributed by atoms with E-state index in [-0.39, 0.29) is 53.6 Å². The minimum Gasteiger partial charge on any atom is -0.423 e. The van der Waals surface area contributed by atoms with Crippen molar-refractivity contribution in [1.29, 1.82) is 0 Å². The van der Waals surface area contributed by atoms with Crippen LogP contribution in [0.2, 0.25) is 0 Å². The molecular formula is C38H47N11O7. The number of H-pyrrole nitrogens is 1. The summed E-state index contributed by atoms with van der Waals surface area (Å²) in [4.78, 5) is 58.6. The lowest BCUT2D eigenvalue weighted by Crippen LogP contribution is -2.68. The van der Waals surface area contributed by atoms with Crippen LogP contribution in [0, 0.1) is 22.7 Å². The van der Waals surface area contributed by atoms with Gasteiger partial charge in [-0.25, -0.2) is 29.2 Å². The Labute approximate surface area is 321 Å². The highest BCUT2D eigenvalue weighted by atomic mass is 16.6. The number of fused-ring (bicyclic) bond motifs is 2. The number of aliphatic hydroxyl groups is 2. The van der Waals surface area contributed by atoms with E-state index >= 15 is 0 Å². The number of carbonyl (C=O) groups is 2. The molecule has 18 heteroatoms. The summed E-state index contributed by atoms with van der Waals surface area (Å²) in [5.41, 5.74) is 4.49. The van der Waals surface area contributed by atoms with Crippen LogP contribution in [-0.4, -0.2) is 109 Å². The summed E-state index contributed by atoms with van der Waals surface area (Å²) >= 11 is 0. The molecule has 3 aromatic heterocycles. The molecule has 56 heavy (non-hydrogen) atoms. The van der Waals surface area contributed by atoms with Gasteiger partial charge in [0, 0.05) is 37.0 Å². The second-order valence-electron chi connectivity index (χ2n) is 16.1. The molecule has 3 aromatic rings. The zero-order chi connectivity index (χ0) is 39.6. The molecule has 9 atom stereocenters. The lowest BCUT2D eigenvalue weighted by atomic mass is 9.43. The minimum atomic E-state index is -0.849. The van der Waals surface area contributed by atoms with Crippen LogP contribution in [0.1, 0.15) is 52.1 Å². The highest BCUT2D eigenvalue weighted by Gasteiger charge is 2.71. The van der Waals surface area contributed by atoms with Gasteiger partial charge in [0.1, 0.15) is 28.7 Å². The van der Waals surface area contributed by atoms with Gasteiger partial charge in [-0.1, -0.05) is 19.9 Å². The average molecular weight is 770 g/mol. The molecule has 0 radical (unpaired) electrons. The molecule has 1 spiro atoms. The van der Waals surface area contributed by atoms with Crippen molar-refractivity contribution in [3.8, 4) is 0 Å². The van der Waals surface area contributed by atoms with E-state index in [0.717, 1.165) is 0 Å². The number of pyridine rings is 1. The highest BCUT2D eigenvalue weighted by Crippen LogP contribution is 2.66. The molecule has 3 fully saturated rings. The van der Waals surface area contributed by atoms with Gasteiger partial charge >= 0.3 is 11.7 Å². The number of aromatic nitrogens is 5. The number of hydrogen-bond acceptors (Lipinski definition) is 15. The Balaban J connectivity index is 1.18. The number of aryl methyl sites for hydroxylation is 1. The maximum atomic E-state index is 13.9. The van der Waals surface area contributed by atoms with Crippen molar-refractivity contribution in [1.82, 2.24) is 35.4 Å². The molecule has 5 aliphatic rings. The maximum Gasteiger partial charge on any atom is 0.348 e. The Bertz CT molecular complexity index is 2250. The van der Waals surface area contributed by atoms with Gasteiger partial charge in [0.25, 0.3) is 0 Å². The van der Waals surface area contributed by atoms with Crippen molar-refractivity contribution in [2.24, 2.45) is 39.7 Å². The van der Waals surface area contributed by atoms with Crippen molar-refractivity contribution >= 4 is 52.8 Å². The number of aromatic amines is 1. The number of nitrogen functional groups attached to an aromatic ring is 1. The smallest absolute Gasteiger partial charge is 0.348 e. The van der Waals surface area contributed by atoms with Gasteiger partial charge in [-0.3, -0.25) is 15.1 Å². The van der Waals surface area contributed by atoms with Gasteiger partial charge in [-0.15, -0.1) is 0 Å². The van der Waals surface area contributed by atoms with Crippen LogP contribution in [0.5, 0.6) is 0 Å². The first-order chi connectivity index (χ1) is 26.8. The SMILES string of the molecule is CC(NC1CC2[C@](C)(CC[C@@H](O)[C@@]2(C)CO)C(CC(Nc2ccccn2)C2=C/C(=C\c3nn(C)c4nc(=O)[nH]c(N)c34)OC2=O)C12CO2)C(=O)NC1=NCC=N1. The lowest BCUT2D eigenvalue weighted by Gasteiger charge is -2.63. The van der Waals surface area contributed by atoms with Crippen LogP contribution in [0.15, 0.2) is 56.6 Å². The molecule has 8 N–H and O–H groups in total. The first-order valence-electron chi connectivity index (χ1n) is 18.9. The summed E-state index contributed by atoms with van der Waals surface area (Å²) in [5.74, 6) is -0.189. The van der Waals surface area contributed by atoms with E-state index in [1.165, 1.54) is 4.68 Å². The predicted octanol–water partition coefficient (Wildman–Crippen LogP) is 0.797. The summed E-state index contributed by atoms with van der Waals surface area (Å²) in [5, 5.41) is 37.1. The average Bonchev–Trinajstić information content (AvgIpc) is 3.42. The van der Waals surface area contributed by atoms with Crippen LogP contribution >= 0.6 is 0 Å². The number of cyclic esters (lactones) is 1. The summed E-state index contributed by atoms with van der Waals surface area (Å²) in [6.45, 7) is 6.50. The fourth-order valence-electron chi connectivity index (χ4n) is 9.78. The van der Waals surface area contributed by atoms with Crippen LogP contribution in [0.4, 0.5) is 11.6 Å². The first-order valence-corrected chi connectivity index (χ1v) is 18.9. The van der Waals surface area contributed by atoms with Crippen LogP contribution in [0.3, 0.4) is 0 Å². The van der Waals surface area contributed by atoms with Crippen LogP contribution < -0.4 is 27.4 Å². The molecule has 0 aromatic carbocycles. The Morgan fingerprint density at radius 1 is 1.27 bits per heavy atom. The number of hydrogen-bond donors (Lipinski definition) is 7. The second-order valence-corrected chi connectivity index (χ2v) is 16.1. The number of aliphatic hydroxyl groups excluding tert-OH is 2. The van der Waals surface area contributed by atoms with Gasteiger partial charge in [-0.2, -0.15) is 10.1 Å². The summed E-state index contributed by atoms with van der Waals surface area (Å²) < 4.78 is 13.8. The third-order valence-corrected chi connectivity index (χ3v) is 12.8.